The van der Waals surface area contributed by atoms with E-state index in [-0.39, 0.29) is 0 Å². The lowest BCUT2D eigenvalue weighted by atomic mass is 9.93. The molecule has 1 aromatic rings. The van der Waals surface area contributed by atoms with Crippen LogP contribution in [0, 0.1) is 5.92 Å². The summed E-state index contributed by atoms with van der Waals surface area (Å²) >= 11 is 0. The van der Waals surface area contributed by atoms with Crippen molar-refractivity contribution in [3.8, 4) is 0 Å². The highest BCUT2D eigenvalue weighted by atomic mass is 16.5. The SMILES string of the molecule is COCCCC(NN)C1Cc2ccccc2C1. The fourth-order valence-electron chi connectivity index (χ4n) is 2.78. The Morgan fingerprint density at radius 3 is 2.53 bits per heavy atom. The summed E-state index contributed by atoms with van der Waals surface area (Å²) in [7, 11) is 1.75. The molecule has 2 rings (SSSR count). The highest BCUT2D eigenvalue weighted by molar-refractivity contribution is 5.32. The Kier molecular flexibility index (Phi) is 4.54. The molecule has 17 heavy (non-hydrogen) atoms. The van der Waals surface area contributed by atoms with E-state index < -0.39 is 0 Å². The second-order valence-electron chi connectivity index (χ2n) is 4.85. The second-order valence-corrected chi connectivity index (χ2v) is 4.85. The average Bonchev–Trinajstić information content (AvgIpc) is 2.78. The van der Waals surface area contributed by atoms with Gasteiger partial charge in [-0.2, -0.15) is 0 Å². The highest BCUT2D eigenvalue weighted by Crippen LogP contribution is 2.29. The molecule has 0 saturated carbocycles. The minimum absolute atomic E-state index is 0.401. The van der Waals surface area contributed by atoms with Gasteiger partial charge in [-0.3, -0.25) is 11.3 Å². The molecule has 1 aliphatic carbocycles. The first-order valence-corrected chi connectivity index (χ1v) is 6.37. The van der Waals surface area contributed by atoms with Crippen LogP contribution in [0.3, 0.4) is 0 Å². The van der Waals surface area contributed by atoms with Gasteiger partial charge in [0, 0.05) is 19.8 Å². The number of hydrogen-bond acceptors (Lipinski definition) is 3. The van der Waals surface area contributed by atoms with Gasteiger partial charge in [0.25, 0.3) is 0 Å². The fraction of sp³-hybridized carbons (Fsp3) is 0.571. The summed E-state index contributed by atoms with van der Waals surface area (Å²) in [6.07, 6.45) is 4.46. The maximum Gasteiger partial charge on any atom is 0.0462 e. The maximum absolute atomic E-state index is 5.68. The van der Waals surface area contributed by atoms with Gasteiger partial charge in [-0.05, 0) is 42.7 Å². The summed E-state index contributed by atoms with van der Waals surface area (Å²) < 4.78 is 5.09. The zero-order chi connectivity index (χ0) is 12.1. The Bertz CT molecular complexity index is 329. The van der Waals surface area contributed by atoms with Gasteiger partial charge in [0.15, 0.2) is 0 Å². The summed E-state index contributed by atoms with van der Waals surface area (Å²) in [5.41, 5.74) is 5.96. The molecule has 3 N–H and O–H groups in total. The molecule has 0 heterocycles. The largest absolute Gasteiger partial charge is 0.385 e. The first-order valence-electron chi connectivity index (χ1n) is 6.37. The number of hydrogen-bond donors (Lipinski definition) is 2. The van der Waals surface area contributed by atoms with E-state index in [1.165, 1.54) is 11.1 Å². The van der Waals surface area contributed by atoms with Crippen LogP contribution in [-0.4, -0.2) is 19.8 Å². The summed E-state index contributed by atoms with van der Waals surface area (Å²) in [4.78, 5) is 0. The van der Waals surface area contributed by atoms with Gasteiger partial charge in [-0.25, -0.2) is 0 Å². The lowest BCUT2D eigenvalue weighted by Crippen LogP contribution is -2.41. The van der Waals surface area contributed by atoms with Crippen molar-refractivity contribution in [1.82, 2.24) is 5.43 Å². The number of methoxy groups -OCH3 is 1. The van der Waals surface area contributed by atoms with E-state index in [4.69, 9.17) is 10.6 Å². The zero-order valence-corrected chi connectivity index (χ0v) is 10.5. The predicted octanol–water partition coefficient (Wildman–Crippen LogP) is 1.66. The van der Waals surface area contributed by atoms with Gasteiger partial charge in [0.05, 0.1) is 0 Å². The lowest BCUT2D eigenvalue weighted by Gasteiger charge is -2.22. The Morgan fingerprint density at radius 1 is 1.35 bits per heavy atom. The molecule has 0 radical (unpaired) electrons. The summed E-state index contributed by atoms with van der Waals surface area (Å²) in [5, 5.41) is 0. The third kappa shape index (κ3) is 3.06. The van der Waals surface area contributed by atoms with Crippen molar-refractivity contribution >= 4 is 0 Å². The normalized spacial score (nSPS) is 17.1. The summed E-state index contributed by atoms with van der Waals surface area (Å²) in [5.74, 6) is 6.31. The molecule has 1 atom stereocenters. The molecule has 3 nitrogen and oxygen atoms in total. The minimum Gasteiger partial charge on any atom is -0.385 e. The topological polar surface area (TPSA) is 47.3 Å². The van der Waals surface area contributed by atoms with E-state index in [1.54, 1.807) is 7.11 Å². The Labute approximate surface area is 103 Å². The first kappa shape index (κ1) is 12.6. The van der Waals surface area contributed by atoms with Crippen LogP contribution in [0.15, 0.2) is 24.3 Å². The molecule has 94 valence electrons. The van der Waals surface area contributed by atoms with Crippen molar-refractivity contribution in [2.75, 3.05) is 13.7 Å². The molecule has 1 aromatic carbocycles. The summed E-state index contributed by atoms with van der Waals surface area (Å²) in [6, 6.07) is 9.11. The molecule has 0 saturated heterocycles. The molecular weight excluding hydrogens is 212 g/mol. The van der Waals surface area contributed by atoms with Crippen molar-refractivity contribution in [2.24, 2.45) is 11.8 Å². The molecule has 0 amide bonds. The van der Waals surface area contributed by atoms with Crippen molar-refractivity contribution in [2.45, 2.75) is 31.7 Å². The van der Waals surface area contributed by atoms with Crippen LogP contribution < -0.4 is 11.3 Å². The minimum atomic E-state index is 0.401. The average molecular weight is 234 g/mol. The number of hydrazine groups is 1. The fourth-order valence-corrected chi connectivity index (χ4v) is 2.78. The van der Waals surface area contributed by atoms with Gasteiger partial charge < -0.3 is 4.74 Å². The van der Waals surface area contributed by atoms with E-state index in [9.17, 15) is 0 Å². The van der Waals surface area contributed by atoms with E-state index in [1.807, 2.05) is 0 Å². The summed E-state index contributed by atoms with van der Waals surface area (Å²) in [6.45, 7) is 0.817. The third-order valence-electron chi connectivity index (χ3n) is 3.73. The standard InChI is InChI=1S/C14H22N2O/c1-17-8-4-7-14(16-15)13-9-11-5-2-3-6-12(11)10-13/h2-3,5-6,13-14,16H,4,7-10,15H2,1H3. The van der Waals surface area contributed by atoms with Crippen molar-refractivity contribution in [3.05, 3.63) is 35.4 Å². The number of nitrogens with two attached hydrogens (primary N) is 1. The van der Waals surface area contributed by atoms with Crippen molar-refractivity contribution in [1.29, 1.82) is 0 Å². The molecule has 0 aromatic heterocycles. The van der Waals surface area contributed by atoms with Crippen LogP contribution in [0.1, 0.15) is 24.0 Å². The predicted molar refractivity (Wildman–Crippen MR) is 69.6 cm³/mol. The number of nitrogens with one attached hydrogen (secondary N) is 1. The lowest BCUT2D eigenvalue weighted by molar-refractivity contribution is 0.184. The van der Waals surface area contributed by atoms with Crippen LogP contribution in [0.2, 0.25) is 0 Å². The number of fused-ring (bicyclic) bond motifs is 1. The Morgan fingerprint density at radius 2 is 2.00 bits per heavy atom. The first-order chi connectivity index (χ1) is 8.35. The Hall–Kier alpha value is -0.900. The second kappa shape index (κ2) is 6.15. The van der Waals surface area contributed by atoms with Crippen molar-refractivity contribution < 1.29 is 4.74 Å². The highest BCUT2D eigenvalue weighted by Gasteiger charge is 2.27. The van der Waals surface area contributed by atoms with E-state index >= 15 is 0 Å². The third-order valence-corrected chi connectivity index (χ3v) is 3.73. The molecule has 1 aliphatic rings. The number of rotatable bonds is 6. The molecule has 0 aliphatic heterocycles. The van der Waals surface area contributed by atoms with Gasteiger partial charge >= 0.3 is 0 Å². The molecule has 0 fully saturated rings. The van der Waals surface area contributed by atoms with Crippen LogP contribution in [0.25, 0.3) is 0 Å². The molecular formula is C14H22N2O. The zero-order valence-electron chi connectivity index (χ0n) is 10.5. The van der Waals surface area contributed by atoms with Crippen LogP contribution in [-0.2, 0) is 17.6 Å². The van der Waals surface area contributed by atoms with Gasteiger partial charge in [0.2, 0.25) is 0 Å². The van der Waals surface area contributed by atoms with Gasteiger partial charge in [-0.15, -0.1) is 0 Å². The quantitative estimate of drug-likeness (QED) is 0.447. The maximum atomic E-state index is 5.68. The Balaban J connectivity index is 1.91. The van der Waals surface area contributed by atoms with Gasteiger partial charge in [0.1, 0.15) is 0 Å². The number of ether oxygens (including phenoxy) is 1. The van der Waals surface area contributed by atoms with E-state index in [2.05, 4.69) is 29.7 Å². The van der Waals surface area contributed by atoms with Crippen LogP contribution >= 0.6 is 0 Å². The molecule has 0 spiro atoms. The molecule has 3 heteroatoms. The smallest absolute Gasteiger partial charge is 0.0462 e. The van der Waals surface area contributed by atoms with E-state index in [0.29, 0.717) is 12.0 Å². The van der Waals surface area contributed by atoms with Gasteiger partial charge in [-0.1, -0.05) is 24.3 Å². The van der Waals surface area contributed by atoms with Crippen molar-refractivity contribution in [3.63, 3.8) is 0 Å². The van der Waals surface area contributed by atoms with Crippen LogP contribution in [0.5, 0.6) is 0 Å². The molecule has 1 unspecified atom stereocenters. The monoisotopic (exact) mass is 234 g/mol. The number of benzene rings is 1. The van der Waals surface area contributed by atoms with Crippen LogP contribution in [0.4, 0.5) is 0 Å². The van der Waals surface area contributed by atoms with E-state index in [0.717, 1.165) is 32.3 Å². The molecule has 0 bridgehead atoms.